The molecule has 2 aromatic carbocycles. The molecule has 1 aliphatic carbocycles. The quantitative estimate of drug-likeness (QED) is 0.488. The number of hydrogen-bond acceptors (Lipinski definition) is 5. The van der Waals surface area contributed by atoms with E-state index in [1.165, 1.54) is 0 Å². The second-order valence-corrected chi connectivity index (χ2v) is 7.71. The fourth-order valence-corrected chi connectivity index (χ4v) is 4.13. The van der Waals surface area contributed by atoms with Gasteiger partial charge in [-0.2, -0.15) is 5.10 Å². The number of nitrogens with zero attached hydrogens (tertiary/aromatic N) is 4. The zero-order chi connectivity index (χ0) is 21.2. The molecule has 6 heteroatoms. The van der Waals surface area contributed by atoms with Crippen LogP contribution >= 0.6 is 0 Å². The van der Waals surface area contributed by atoms with Crippen molar-refractivity contribution in [2.24, 2.45) is 5.92 Å². The molecule has 0 bridgehead atoms. The van der Waals surface area contributed by atoms with Crippen molar-refractivity contribution < 1.29 is 9.53 Å². The van der Waals surface area contributed by atoms with Gasteiger partial charge < -0.3 is 4.74 Å². The number of carbonyl (C=O) groups is 1. The summed E-state index contributed by atoms with van der Waals surface area (Å²) in [7, 11) is 1.65. The van der Waals surface area contributed by atoms with Crippen molar-refractivity contribution in [1.29, 1.82) is 0 Å². The molecule has 0 saturated heterocycles. The predicted molar refractivity (Wildman–Crippen MR) is 119 cm³/mol. The lowest BCUT2D eigenvalue weighted by molar-refractivity contribution is 0.0950. The highest BCUT2D eigenvalue weighted by Gasteiger charge is 2.30. The first-order valence-electron chi connectivity index (χ1n) is 10.3. The predicted octanol–water partition coefficient (Wildman–Crippen LogP) is 4.40. The summed E-state index contributed by atoms with van der Waals surface area (Å²) in [5.41, 5.74) is 5.68. The Bertz CT molecular complexity index is 1260. The van der Waals surface area contributed by atoms with Crippen molar-refractivity contribution in [3.63, 3.8) is 0 Å². The molecule has 0 N–H and O–H groups in total. The fraction of sp³-hybridized carbons (Fsp3) is 0.200. The third-order valence-corrected chi connectivity index (χ3v) is 5.58. The van der Waals surface area contributed by atoms with Crippen molar-refractivity contribution in [2.45, 2.75) is 19.4 Å². The van der Waals surface area contributed by atoms with Gasteiger partial charge in [-0.05, 0) is 23.5 Å². The van der Waals surface area contributed by atoms with Crippen LogP contribution in [-0.4, -0.2) is 32.7 Å². The molecule has 4 aromatic rings. The van der Waals surface area contributed by atoms with Crippen LogP contribution in [-0.2, 0) is 17.8 Å². The van der Waals surface area contributed by atoms with Crippen LogP contribution in [0.25, 0.3) is 22.9 Å². The van der Waals surface area contributed by atoms with Crippen molar-refractivity contribution in [1.82, 2.24) is 19.8 Å². The maximum Gasteiger partial charge on any atom is 0.185 e. The third-order valence-electron chi connectivity index (χ3n) is 5.58. The third kappa shape index (κ3) is 3.66. The maximum absolute atomic E-state index is 12.8. The molecular weight excluding hydrogens is 388 g/mol. The molecule has 0 saturated carbocycles. The van der Waals surface area contributed by atoms with Gasteiger partial charge in [-0.25, -0.2) is 4.52 Å². The second kappa shape index (κ2) is 8.24. The summed E-state index contributed by atoms with van der Waals surface area (Å²) in [5.74, 6) is 0.0891. The van der Waals surface area contributed by atoms with E-state index < -0.39 is 0 Å². The highest BCUT2D eigenvalue weighted by Crippen LogP contribution is 2.32. The smallest absolute Gasteiger partial charge is 0.185 e. The molecule has 0 amide bonds. The first-order valence-corrected chi connectivity index (χ1v) is 10.3. The molecule has 154 valence electrons. The summed E-state index contributed by atoms with van der Waals surface area (Å²) >= 11 is 0. The summed E-state index contributed by atoms with van der Waals surface area (Å²) in [6.45, 7) is 0.355. The minimum Gasteiger partial charge on any atom is -0.378 e. The van der Waals surface area contributed by atoms with Crippen LogP contribution in [0.1, 0.15) is 33.9 Å². The Balaban J connectivity index is 1.59. The van der Waals surface area contributed by atoms with Crippen LogP contribution in [0.2, 0.25) is 0 Å². The topological polar surface area (TPSA) is 69.4 Å². The molecular formula is C25H22N4O2. The van der Waals surface area contributed by atoms with Crippen LogP contribution in [0.4, 0.5) is 0 Å². The molecule has 0 fully saturated rings. The monoisotopic (exact) mass is 410 g/mol. The van der Waals surface area contributed by atoms with Gasteiger partial charge in [0.15, 0.2) is 17.1 Å². The Hall–Kier alpha value is -3.64. The van der Waals surface area contributed by atoms with E-state index in [1.54, 1.807) is 11.6 Å². The summed E-state index contributed by atoms with van der Waals surface area (Å²) in [6, 6.07) is 20.1. The first-order chi connectivity index (χ1) is 15.2. The van der Waals surface area contributed by atoms with E-state index in [-0.39, 0.29) is 11.7 Å². The van der Waals surface area contributed by atoms with E-state index in [9.17, 15) is 4.79 Å². The number of methoxy groups -OCH3 is 1. The number of aromatic nitrogens is 4. The molecule has 1 aliphatic rings. The van der Waals surface area contributed by atoms with Gasteiger partial charge in [-0.1, -0.05) is 72.8 Å². The number of ether oxygens (including phenoxy) is 1. The van der Waals surface area contributed by atoms with Crippen LogP contribution in [0.15, 0.2) is 66.7 Å². The molecule has 2 aromatic heterocycles. The standard InChI is InChI=1S/C25H22N4O2/c1-31-16-20-23(19-10-6-3-7-11-19)25-27-26-24-21(29(25)28-20)14-18(15-22(24)30)13-12-17-8-4-2-5-9-17/h2-13,18H,14-16H2,1H3/b13-12+/t18-/m0/s1. The van der Waals surface area contributed by atoms with Gasteiger partial charge in [0.25, 0.3) is 0 Å². The van der Waals surface area contributed by atoms with Crippen LogP contribution in [0.5, 0.6) is 0 Å². The molecule has 2 heterocycles. The molecule has 5 rings (SSSR count). The van der Waals surface area contributed by atoms with Crippen molar-refractivity contribution >= 4 is 17.5 Å². The molecule has 1 atom stereocenters. The Morgan fingerprint density at radius 3 is 2.52 bits per heavy atom. The maximum atomic E-state index is 12.8. The van der Waals surface area contributed by atoms with Crippen molar-refractivity contribution in [3.8, 4) is 11.1 Å². The number of rotatable bonds is 5. The van der Waals surface area contributed by atoms with Crippen LogP contribution in [0.3, 0.4) is 0 Å². The Labute approximate surface area is 180 Å². The lowest BCUT2D eigenvalue weighted by atomic mass is 9.88. The summed E-state index contributed by atoms with van der Waals surface area (Å²) in [6.07, 6.45) is 5.29. The van der Waals surface area contributed by atoms with Gasteiger partial charge >= 0.3 is 0 Å². The van der Waals surface area contributed by atoms with Crippen molar-refractivity contribution in [3.05, 3.63) is 89.4 Å². The number of hydrogen-bond donors (Lipinski definition) is 0. The van der Waals surface area contributed by atoms with E-state index in [4.69, 9.17) is 9.84 Å². The average molecular weight is 410 g/mol. The largest absolute Gasteiger partial charge is 0.378 e. The molecule has 0 radical (unpaired) electrons. The number of allylic oxidation sites excluding steroid dienone is 1. The molecule has 0 spiro atoms. The summed E-state index contributed by atoms with van der Waals surface area (Å²) < 4.78 is 7.18. The summed E-state index contributed by atoms with van der Waals surface area (Å²) in [5, 5.41) is 13.5. The zero-order valence-electron chi connectivity index (χ0n) is 17.2. The van der Waals surface area contributed by atoms with Gasteiger partial charge in [-0.15, -0.1) is 10.2 Å². The van der Waals surface area contributed by atoms with Gasteiger partial charge in [0.05, 0.1) is 23.6 Å². The molecule has 0 aliphatic heterocycles. The zero-order valence-corrected chi connectivity index (χ0v) is 17.2. The Kier molecular flexibility index (Phi) is 5.14. The molecule has 0 unspecified atom stereocenters. The van der Waals surface area contributed by atoms with E-state index in [1.807, 2.05) is 48.5 Å². The Morgan fingerprint density at radius 1 is 1.03 bits per heavy atom. The second-order valence-electron chi connectivity index (χ2n) is 7.71. The average Bonchev–Trinajstić information content (AvgIpc) is 3.18. The fourth-order valence-electron chi connectivity index (χ4n) is 4.13. The van der Waals surface area contributed by atoms with E-state index in [0.29, 0.717) is 30.8 Å². The lowest BCUT2D eigenvalue weighted by Gasteiger charge is -2.20. The van der Waals surface area contributed by atoms with Gasteiger partial charge in [0.2, 0.25) is 0 Å². The van der Waals surface area contributed by atoms with Crippen LogP contribution in [0, 0.1) is 5.92 Å². The summed E-state index contributed by atoms with van der Waals surface area (Å²) in [4.78, 5) is 12.8. The normalized spacial score (nSPS) is 16.2. The highest BCUT2D eigenvalue weighted by atomic mass is 16.5. The number of benzene rings is 2. The minimum atomic E-state index is 0.00316. The first kappa shape index (κ1) is 19.3. The van der Waals surface area contributed by atoms with E-state index in [0.717, 1.165) is 28.1 Å². The van der Waals surface area contributed by atoms with Crippen LogP contribution < -0.4 is 0 Å². The van der Waals surface area contributed by atoms with Gasteiger partial charge in [0, 0.05) is 13.5 Å². The molecule has 6 nitrogen and oxygen atoms in total. The highest BCUT2D eigenvalue weighted by molar-refractivity contribution is 5.97. The molecule has 31 heavy (non-hydrogen) atoms. The number of carbonyl (C=O) groups excluding carboxylic acids is 1. The lowest BCUT2D eigenvalue weighted by Crippen LogP contribution is -2.24. The van der Waals surface area contributed by atoms with Gasteiger partial charge in [-0.3, -0.25) is 4.79 Å². The number of ketones is 1. The number of fused-ring (bicyclic) bond motifs is 3. The minimum absolute atomic E-state index is 0.00316. The SMILES string of the molecule is COCc1nn2c3c(nnc2c1-c1ccccc1)C(=O)C[C@@H](/C=C/c1ccccc1)C3. The van der Waals surface area contributed by atoms with E-state index in [2.05, 4.69) is 34.5 Å². The Morgan fingerprint density at radius 2 is 1.77 bits per heavy atom. The van der Waals surface area contributed by atoms with Crippen molar-refractivity contribution in [2.75, 3.05) is 7.11 Å². The number of Topliss-reactive ketones (excluding diaryl/α,β-unsaturated/α-hetero) is 1. The van der Waals surface area contributed by atoms with Gasteiger partial charge in [0.1, 0.15) is 0 Å². The van der Waals surface area contributed by atoms with E-state index >= 15 is 0 Å².